The maximum absolute atomic E-state index is 12.8. The highest BCUT2D eigenvalue weighted by Gasteiger charge is 2.35. The third-order valence-corrected chi connectivity index (χ3v) is 6.81. The summed E-state index contributed by atoms with van der Waals surface area (Å²) in [5.41, 5.74) is 4.10. The number of carbonyl (C=O) groups is 2. The van der Waals surface area contributed by atoms with Gasteiger partial charge in [0.25, 0.3) is 11.1 Å². The van der Waals surface area contributed by atoms with Crippen LogP contribution in [0.1, 0.15) is 29.5 Å². The largest absolute Gasteiger partial charge is 0.371 e. The standard InChI is InChI=1S/C22H20Cl2N2O2S/c1-14-10-15(5-7-19(14)25-8-2-3-9-25)12-20-21(27)26(22(28)29-20)13-16-4-6-17(23)18(24)11-16/h4-7,10-12H,2-3,8-9,13H2,1H3. The zero-order chi connectivity index (χ0) is 20.5. The molecule has 7 heteroatoms. The molecule has 2 aliphatic rings. The number of hydrogen-bond acceptors (Lipinski definition) is 4. The number of hydrogen-bond donors (Lipinski definition) is 0. The monoisotopic (exact) mass is 446 g/mol. The first-order chi connectivity index (χ1) is 13.9. The zero-order valence-corrected chi connectivity index (χ0v) is 18.3. The van der Waals surface area contributed by atoms with E-state index in [0.717, 1.165) is 36.0 Å². The average Bonchev–Trinajstić information content (AvgIpc) is 3.30. The second kappa shape index (κ2) is 8.42. The van der Waals surface area contributed by atoms with Crippen LogP contribution in [-0.2, 0) is 11.3 Å². The summed E-state index contributed by atoms with van der Waals surface area (Å²) in [5.74, 6) is -0.285. The highest BCUT2D eigenvalue weighted by Crippen LogP contribution is 2.35. The quantitative estimate of drug-likeness (QED) is 0.528. The van der Waals surface area contributed by atoms with Crippen LogP contribution < -0.4 is 4.90 Å². The van der Waals surface area contributed by atoms with Crippen LogP contribution in [0.3, 0.4) is 0 Å². The highest BCUT2D eigenvalue weighted by molar-refractivity contribution is 8.18. The molecule has 0 radical (unpaired) electrons. The van der Waals surface area contributed by atoms with Gasteiger partial charge in [0, 0.05) is 18.8 Å². The van der Waals surface area contributed by atoms with Gasteiger partial charge in [0.15, 0.2) is 0 Å². The molecule has 29 heavy (non-hydrogen) atoms. The number of nitrogens with zero attached hydrogens (tertiary/aromatic N) is 2. The maximum Gasteiger partial charge on any atom is 0.293 e. The third kappa shape index (κ3) is 4.32. The lowest BCUT2D eigenvalue weighted by Gasteiger charge is -2.20. The lowest BCUT2D eigenvalue weighted by atomic mass is 10.1. The SMILES string of the molecule is Cc1cc(C=C2SC(=O)N(Cc3ccc(Cl)c(Cl)c3)C2=O)ccc1N1CCCC1. The fraction of sp³-hybridized carbons (Fsp3) is 0.273. The van der Waals surface area contributed by atoms with Gasteiger partial charge in [-0.3, -0.25) is 14.5 Å². The topological polar surface area (TPSA) is 40.6 Å². The van der Waals surface area contributed by atoms with E-state index in [1.807, 2.05) is 6.07 Å². The van der Waals surface area contributed by atoms with Gasteiger partial charge in [0.2, 0.25) is 0 Å². The summed E-state index contributed by atoms with van der Waals surface area (Å²) in [6, 6.07) is 11.3. The van der Waals surface area contributed by atoms with Crippen LogP contribution in [0, 0.1) is 6.92 Å². The number of carbonyl (C=O) groups excluding carboxylic acids is 2. The first-order valence-corrected chi connectivity index (χ1v) is 11.0. The Hall–Kier alpha value is -1.95. The Morgan fingerprint density at radius 1 is 1.03 bits per heavy atom. The number of thioether (sulfide) groups is 1. The van der Waals surface area contributed by atoms with E-state index in [9.17, 15) is 9.59 Å². The van der Waals surface area contributed by atoms with Crippen LogP contribution in [0.5, 0.6) is 0 Å². The Morgan fingerprint density at radius 3 is 2.48 bits per heavy atom. The molecule has 4 nitrogen and oxygen atoms in total. The fourth-order valence-corrected chi connectivity index (χ4v) is 4.85. The van der Waals surface area contributed by atoms with Crippen LogP contribution in [0.4, 0.5) is 10.5 Å². The van der Waals surface area contributed by atoms with Gasteiger partial charge in [0.1, 0.15) is 0 Å². The van der Waals surface area contributed by atoms with Gasteiger partial charge < -0.3 is 4.90 Å². The lowest BCUT2D eigenvalue weighted by Crippen LogP contribution is -2.27. The van der Waals surface area contributed by atoms with E-state index < -0.39 is 0 Å². The van der Waals surface area contributed by atoms with E-state index in [-0.39, 0.29) is 17.7 Å². The third-order valence-electron chi connectivity index (χ3n) is 5.16. The van der Waals surface area contributed by atoms with Gasteiger partial charge in [-0.05, 0) is 78.6 Å². The van der Waals surface area contributed by atoms with Crippen molar-refractivity contribution in [2.45, 2.75) is 26.3 Å². The Balaban J connectivity index is 1.52. The van der Waals surface area contributed by atoms with Crippen LogP contribution in [-0.4, -0.2) is 29.1 Å². The fourth-order valence-electron chi connectivity index (χ4n) is 3.69. The predicted molar refractivity (Wildman–Crippen MR) is 121 cm³/mol. The molecule has 2 amide bonds. The Labute approximate surface area is 184 Å². The summed E-state index contributed by atoms with van der Waals surface area (Å²) >= 11 is 12.9. The molecule has 2 aliphatic heterocycles. The highest BCUT2D eigenvalue weighted by atomic mass is 35.5. The number of rotatable bonds is 4. The molecule has 0 bridgehead atoms. The van der Waals surface area contributed by atoms with Gasteiger partial charge in [-0.1, -0.05) is 35.3 Å². The number of amides is 2. The minimum absolute atomic E-state index is 0.172. The van der Waals surface area contributed by atoms with Gasteiger partial charge >= 0.3 is 0 Å². The summed E-state index contributed by atoms with van der Waals surface area (Å²) in [7, 11) is 0. The van der Waals surface area contributed by atoms with Crippen molar-refractivity contribution in [3.63, 3.8) is 0 Å². The molecule has 0 aliphatic carbocycles. The van der Waals surface area contributed by atoms with E-state index >= 15 is 0 Å². The van der Waals surface area contributed by atoms with E-state index in [1.54, 1.807) is 24.3 Å². The molecule has 4 rings (SSSR count). The smallest absolute Gasteiger partial charge is 0.293 e. The number of imide groups is 1. The summed E-state index contributed by atoms with van der Waals surface area (Å²) in [4.78, 5) is 29.2. The summed E-state index contributed by atoms with van der Waals surface area (Å²) in [5, 5.41) is 0.565. The first-order valence-electron chi connectivity index (χ1n) is 9.47. The summed E-state index contributed by atoms with van der Waals surface area (Å²) < 4.78 is 0. The van der Waals surface area contributed by atoms with Crippen LogP contribution in [0.25, 0.3) is 6.08 Å². The second-order valence-electron chi connectivity index (χ2n) is 7.26. The van der Waals surface area contributed by atoms with Crippen molar-refractivity contribution >= 4 is 57.9 Å². The van der Waals surface area contributed by atoms with Gasteiger partial charge in [-0.25, -0.2) is 0 Å². The molecular formula is C22H20Cl2N2O2S. The molecule has 150 valence electrons. The normalized spacial score (nSPS) is 18.4. The van der Waals surface area contributed by atoms with Gasteiger partial charge in [0.05, 0.1) is 21.5 Å². The maximum atomic E-state index is 12.8. The van der Waals surface area contributed by atoms with Crippen molar-refractivity contribution in [1.82, 2.24) is 4.90 Å². The number of benzene rings is 2. The Kier molecular flexibility index (Phi) is 5.91. The minimum Gasteiger partial charge on any atom is -0.371 e. The molecule has 2 aromatic carbocycles. The molecule has 0 atom stereocenters. The molecule has 0 N–H and O–H groups in total. The van der Waals surface area contributed by atoms with E-state index in [4.69, 9.17) is 23.2 Å². The second-order valence-corrected chi connectivity index (χ2v) is 9.06. The number of anilines is 1. The van der Waals surface area contributed by atoms with E-state index in [2.05, 4.69) is 24.0 Å². The summed E-state index contributed by atoms with van der Waals surface area (Å²) in [6.07, 6.45) is 4.25. The molecule has 2 heterocycles. The lowest BCUT2D eigenvalue weighted by molar-refractivity contribution is -0.123. The van der Waals surface area contributed by atoms with Gasteiger partial charge in [-0.2, -0.15) is 0 Å². The molecule has 0 spiro atoms. The molecule has 0 aromatic heterocycles. The molecule has 2 aromatic rings. The molecule has 2 saturated heterocycles. The zero-order valence-electron chi connectivity index (χ0n) is 16.0. The van der Waals surface area contributed by atoms with E-state index in [0.29, 0.717) is 15.0 Å². The first kappa shape index (κ1) is 20.3. The average molecular weight is 447 g/mol. The molecule has 0 unspecified atom stereocenters. The predicted octanol–water partition coefficient (Wildman–Crippen LogP) is 6.14. The number of halogens is 2. The van der Waals surface area contributed by atoms with Crippen molar-refractivity contribution in [1.29, 1.82) is 0 Å². The summed E-state index contributed by atoms with van der Waals surface area (Å²) in [6.45, 7) is 4.44. The van der Waals surface area contributed by atoms with Crippen LogP contribution in [0.15, 0.2) is 41.3 Å². The van der Waals surface area contributed by atoms with Gasteiger partial charge in [-0.15, -0.1) is 0 Å². The van der Waals surface area contributed by atoms with Crippen molar-refractivity contribution in [3.05, 3.63) is 68.0 Å². The van der Waals surface area contributed by atoms with Crippen molar-refractivity contribution < 1.29 is 9.59 Å². The Bertz CT molecular complexity index is 1020. The number of aryl methyl sites for hydroxylation is 1. The van der Waals surface area contributed by atoms with Crippen molar-refractivity contribution in [2.24, 2.45) is 0 Å². The van der Waals surface area contributed by atoms with Crippen LogP contribution in [0.2, 0.25) is 10.0 Å². The molecular weight excluding hydrogens is 427 g/mol. The van der Waals surface area contributed by atoms with Crippen molar-refractivity contribution in [2.75, 3.05) is 18.0 Å². The molecule has 0 saturated carbocycles. The van der Waals surface area contributed by atoms with Crippen LogP contribution >= 0.6 is 35.0 Å². The van der Waals surface area contributed by atoms with Crippen molar-refractivity contribution in [3.8, 4) is 0 Å². The van der Waals surface area contributed by atoms with E-state index in [1.165, 1.54) is 29.0 Å². The minimum atomic E-state index is -0.285. The molecule has 2 fully saturated rings. The Morgan fingerprint density at radius 2 is 1.79 bits per heavy atom.